The van der Waals surface area contributed by atoms with Crippen molar-refractivity contribution >= 4 is 5.91 Å². The number of carbonyl (C=O) groups is 1. The summed E-state index contributed by atoms with van der Waals surface area (Å²) in [4.78, 5) is 11.4. The van der Waals surface area contributed by atoms with E-state index < -0.39 is 0 Å². The van der Waals surface area contributed by atoms with E-state index in [2.05, 4.69) is 5.43 Å². The van der Waals surface area contributed by atoms with Gasteiger partial charge in [-0.1, -0.05) is 12.1 Å². The molecule has 1 aromatic carbocycles. The molecule has 4 nitrogen and oxygen atoms in total. The number of nitrogens with zero attached hydrogens (tertiary/aromatic N) is 2. The first-order valence-electron chi connectivity index (χ1n) is 4.57. The number of rotatable bonds is 3. The first-order valence-corrected chi connectivity index (χ1v) is 4.57. The Hall–Kier alpha value is -1.86. The van der Waals surface area contributed by atoms with Crippen LogP contribution in [0, 0.1) is 11.3 Å². The minimum absolute atomic E-state index is 0.0651. The molecule has 0 saturated carbocycles. The number of amides is 1. The Balaban J connectivity index is 2.58. The largest absolute Gasteiger partial charge is 0.289 e. The lowest BCUT2D eigenvalue weighted by Gasteiger charge is -2.11. The maximum Gasteiger partial charge on any atom is 0.238 e. The van der Waals surface area contributed by atoms with Crippen LogP contribution in [0.25, 0.3) is 0 Å². The molecule has 0 unspecified atom stereocenters. The van der Waals surface area contributed by atoms with Crippen LogP contribution in [0.2, 0.25) is 0 Å². The molecule has 0 bridgehead atoms. The van der Waals surface area contributed by atoms with Gasteiger partial charge in [0.25, 0.3) is 0 Å². The van der Waals surface area contributed by atoms with Gasteiger partial charge in [-0.3, -0.25) is 10.2 Å². The van der Waals surface area contributed by atoms with E-state index in [0.717, 1.165) is 5.56 Å². The molecule has 0 spiro atoms. The number of benzene rings is 1. The Morgan fingerprint density at radius 3 is 2.47 bits per heavy atom. The zero-order valence-electron chi connectivity index (χ0n) is 8.82. The van der Waals surface area contributed by atoms with Crippen LogP contribution < -0.4 is 5.43 Å². The van der Waals surface area contributed by atoms with E-state index in [1.807, 2.05) is 6.07 Å². The summed E-state index contributed by atoms with van der Waals surface area (Å²) in [5.74, 6) is -0.0651. The van der Waals surface area contributed by atoms with Gasteiger partial charge in [0.15, 0.2) is 0 Å². The lowest BCUT2D eigenvalue weighted by Crippen LogP contribution is -2.37. The molecule has 0 saturated heterocycles. The summed E-state index contributed by atoms with van der Waals surface area (Å²) in [6, 6.07) is 9.02. The van der Waals surface area contributed by atoms with Crippen LogP contribution in [0.5, 0.6) is 0 Å². The van der Waals surface area contributed by atoms with E-state index in [0.29, 0.717) is 12.0 Å². The predicted octanol–water partition coefficient (Wildman–Crippen LogP) is 0.694. The molecule has 4 heteroatoms. The first-order chi connectivity index (χ1) is 7.11. The third-order valence-corrected chi connectivity index (χ3v) is 1.80. The zero-order valence-corrected chi connectivity index (χ0v) is 8.82. The molecular weight excluding hydrogens is 190 g/mol. The molecule has 0 aromatic heterocycles. The highest BCUT2D eigenvalue weighted by molar-refractivity contribution is 5.78. The van der Waals surface area contributed by atoms with Crippen molar-refractivity contribution in [2.45, 2.75) is 6.42 Å². The molecule has 0 fully saturated rings. The summed E-state index contributed by atoms with van der Waals surface area (Å²) in [5.41, 5.74) is 4.15. The third kappa shape index (κ3) is 3.79. The van der Waals surface area contributed by atoms with Gasteiger partial charge in [-0.2, -0.15) is 5.26 Å². The second-order valence-corrected chi connectivity index (χ2v) is 3.41. The maximum atomic E-state index is 11.4. The van der Waals surface area contributed by atoms with E-state index in [-0.39, 0.29) is 5.91 Å². The number of carbonyl (C=O) groups excluding carboxylic acids is 1. The lowest BCUT2D eigenvalue weighted by molar-refractivity contribution is -0.124. The van der Waals surface area contributed by atoms with Gasteiger partial charge in [-0.15, -0.1) is 0 Å². The number of hydrazine groups is 1. The van der Waals surface area contributed by atoms with E-state index in [4.69, 9.17) is 5.26 Å². The summed E-state index contributed by atoms with van der Waals surface area (Å²) in [7, 11) is 3.52. The van der Waals surface area contributed by atoms with E-state index in [1.54, 1.807) is 43.4 Å². The molecule has 0 atom stereocenters. The molecule has 0 heterocycles. The fraction of sp³-hybridized carbons (Fsp3) is 0.273. The molecule has 78 valence electrons. The fourth-order valence-corrected chi connectivity index (χ4v) is 1.17. The van der Waals surface area contributed by atoms with Crippen LogP contribution >= 0.6 is 0 Å². The quantitative estimate of drug-likeness (QED) is 0.735. The molecule has 0 aliphatic rings. The molecule has 0 aliphatic carbocycles. The third-order valence-electron chi connectivity index (χ3n) is 1.80. The Kier molecular flexibility index (Phi) is 3.83. The summed E-state index contributed by atoms with van der Waals surface area (Å²) in [6.45, 7) is 0. The Morgan fingerprint density at radius 1 is 1.40 bits per heavy atom. The number of hydrogen-bond acceptors (Lipinski definition) is 3. The minimum Gasteiger partial charge on any atom is -0.289 e. The number of nitrogens with one attached hydrogen (secondary N) is 1. The fourth-order valence-electron chi connectivity index (χ4n) is 1.17. The van der Waals surface area contributed by atoms with Gasteiger partial charge >= 0.3 is 0 Å². The molecule has 1 N–H and O–H groups in total. The molecule has 0 aliphatic heterocycles. The molecule has 0 radical (unpaired) electrons. The van der Waals surface area contributed by atoms with E-state index >= 15 is 0 Å². The Morgan fingerprint density at radius 2 is 2.00 bits per heavy atom. The number of nitriles is 1. The maximum absolute atomic E-state index is 11.4. The van der Waals surface area contributed by atoms with Gasteiger partial charge in [0.1, 0.15) is 0 Å². The highest BCUT2D eigenvalue weighted by Crippen LogP contribution is 2.03. The van der Waals surface area contributed by atoms with Crippen LogP contribution in [0.4, 0.5) is 0 Å². The molecule has 1 rings (SSSR count). The summed E-state index contributed by atoms with van der Waals surface area (Å²) >= 11 is 0. The minimum atomic E-state index is -0.0651. The molecule has 1 aromatic rings. The van der Waals surface area contributed by atoms with E-state index in [9.17, 15) is 4.79 Å². The normalized spacial score (nSPS) is 9.73. The second-order valence-electron chi connectivity index (χ2n) is 3.41. The second kappa shape index (κ2) is 5.13. The Bertz CT molecular complexity index is 376. The molecular formula is C11H13N3O. The highest BCUT2D eigenvalue weighted by atomic mass is 16.2. The van der Waals surface area contributed by atoms with Crippen LogP contribution in [-0.2, 0) is 11.2 Å². The van der Waals surface area contributed by atoms with Crippen molar-refractivity contribution in [3.63, 3.8) is 0 Å². The first kappa shape index (κ1) is 11.2. The van der Waals surface area contributed by atoms with Crippen molar-refractivity contribution in [2.75, 3.05) is 14.1 Å². The van der Waals surface area contributed by atoms with Gasteiger partial charge in [0.2, 0.25) is 5.91 Å². The SMILES string of the molecule is CN(C)NC(=O)Cc1ccc(C#N)cc1. The van der Waals surface area contributed by atoms with E-state index in [1.165, 1.54) is 0 Å². The standard InChI is InChI=1S/C11H13N3O/c1-14(2)13-11(15)7-9-3-5-10(8-12)6-4-9/h3-6H,7H2,1-2H3,(H,13,15). The smallest absolute Gasteiger partial charge is 0.238 e. The van der Waals surface area contributed by atoms with Crippen molar-refractivity contribution in [3.05, 3.63) is 35.4 Å². The van der Waals surface area contributed by atoms with Crippen molar-refractivity contribution < 1.29 is 4.79 Å². The van der Waals surface area contributed by atoms with Crippen molar-refractivity contribution in [1.82, 2.24) is 10.4 Å². The van der Waals surface area contributed by atoms with Crippen molar-refractivity contribution in [2.24, 2.45) is 0 Å². The summed E-state index contributed by atoms with van der Waals surface area (Å²) < 4.78 is 0. The molecule has 15 heavy (non-hydrogen) atoms. The van der Waals surface area contributed by atoms with Gasteiger partial charge in [0, 0.05) is 14.1 Å². The van der Waals surface area contributed by atoms with Crippen molar-refractivity contribution in [3.8, 4) is 6.07 Å². The van der Waals surface area contributed by atoms with Crippen LogP contribution in [0.15, 0.2) is 24.3 Å². The van der Waals surface area contributed by atoms with Gasteiger partial charge < -0.3 is 0 Å². The highest BCUT2D eigenvalue weighted by Gasteiger charge is 2.03. The zero-order chi connectivity index (χ0) is 11.3. The van der Waals surface area contributed by atoms with Crippen LogP contribution in [-0.4, -0.2) is 25.0 Å². The van der Waals surface area contributed by atoms with Crippen LogP contribution in [0.1, 0.15) is 11.1 Å². The topological polar surface area (TPSA) is 56.1 Å². The lowest BCUT2D eigenvalue weighted by atomic mass is 10.1. The Labute approximate surface area is 89.1 Å². The molecule has 1 amide bonds. The number of hydrogen-bond donors (Lipinski definition) is 1. The predicted molar refractivity (Wildman–Crippen MR) is 56.7 cm³/mol. The monoisotopic (exact) mass is 203 g/mol. The average molecular weight is 203 g/mol. The summed E-state index contributed by atoms with van der Waals surface area (Å²) in [6.07, 6.45) is 0.323. The van der Waals surface area contributed by atoms with Gasteiger partial charge in [-0.25, -0.2) is 5.01 Å². The summed E-state index contributed by atoms with van der Waals surface area (Å²) in [5, 5.41) is 10.2. The van der Waals surface area contributed by atoms with Crippen LogP contribution in [0.3, 0.4) is 0 Å². The van der Waals surface area contributed by atoms with Gasteiger partial charge in [0.05, 0.1) is 18.1 Å². The average Bonchev–Trinajstić information content (AvgIpc) is 2.17. The van der Waals surface area contributed by atoms with Gasteiger partial charge in [-0.05, 0) is 17.7 Å². The van der Waals surface area contributed by atoms with Crippen molar-refractivity contribution in [1.29, 1.82) is 5.26 Å².